The number of hydrogen-bond acceptors (Lipinski definition) is 7. The molecule has 2 atom stereocenters. The molecule has 3 N–H and O–H groups in total. The van der Waals surface area contributed by atoms with Gasteiger partial charge in [-0.1, -0.05) is 12.8 Å². The molecule has 2 heterocycles. The molecule has 2 aliphatic carbocycles. The molecular formula is C26H36N6O. The van der Waals surface area contributed by atoms with Gasteiger partial charge in [-0.25, -0.2) is 9.97 Å². The maximum atomic E-state index is 8.81. The summed E-state index contributed by atoms with van der Waals surface area (Å²) in [6.45, 7) is 9.71. The number of benzene rings is 1. The summed E-state index contributed by atoms with van der Waals surface area (Å²) in [7, 11) is 0. The number of rotatable bonds is 8. The van der Waals surface area contributed by atoms with E-state index in [9.17, 15) is 0 Å². The summed E-state index contributed by atoms with van der Waals surface area (Å²) < 4.78 is 6.08. The Bertz CT molecular complexity index is 1030. The highest BCUT2D eigenvalue weighted by molar-refractivity contribution is 6.13. The van der Waals surface area contributed by atoms with Crippen molar-refractivity contribution >= 4 is 17.2 Å². The van der Waals surface area contributed by atoms with Gasteiger partial charge in [-0.15, -0.1) is 0 Å². The van der Waals surface area contributed by atoms with Crippen molar-refractivity contribution in [2.24, 2.45) is 5.92 Å². The summed E-state index contributed by atoms with van der Waals surface area (Å²) in [4.78, 5) is 13.9. The van der Waals surface area contributed by atoms with Crippen LogP contribution in [0.2, 0.25) is 0 Å². The van der Waals surface area contributed by atoms with Crippen molar-refractivity contribution in [3.63, 3.8) is 0 Å². The predicted molar refractivity (Wildman–Crippen MR) is 132 cm³/mol. The monoisotopic (exact) mass is 448 g/mol. The van der Waals surface area contributed by atoms with Gasteiger partial charge in [0.15, 0.2) is 0 Å². The number of hydrogen-bond donors (Lipinski definition) is 2. The molecule has 2 saturated carbocycles. The van der Waals surface area contributed by atoms with Gasteiger partial charge in [0.2, 0.25) is 0 Å². The second kappa shape index (κ2) is 8.60. The van der Waals surface area contributed by atoms with E-state index in [0.29, 0.717) is 34.7 Å². The third kappa shape index (κ3) is 4.98. The summed E-state index contributed by atoms with van der Waals surface area (Å²) in [5.74, 6) is 2.58. The molecule has 1 aromatic carbocycles. The average molecular weight is 449 g/mol. The van der Waals surface area contributed by atoms with Crippen LogP contribution >= 0.6 is 0 Å². The van der Waals surface area contributed by atoms with E-state index < -0.39 is 0 Å². The van der Waals surface area contributed by atoms with E-state index in [1.54, 1.807) is 6.33 Å². The van der Waals surface area contributed by atoms with Crippen LogP contribution in [0.4, 0.5) is 11.5 Å². The summed E-state index contributed by atoms with van der Waals surface area (Å²) in [5, 5.41) is 8.81. The fourth-order valence-corrected chi connectivity index (χ4v) is 4.98. The minimum atomic E-state index is -0.0767. The zero-order valence-electron chi connectivity index (χ0n) is 20.1. The van der Waals surface area contributed by atoms with E-state index in [0.717, 1.165) is 50.0 Å². The van der Waals surface area contributed by atoms with Gasteiger partial charge < -0.3 is 15.4 Å². The molecule has 1 aromatic heterocycles. The molecule has 2 aromatic rings. The SMILES string of the molecule is CC(CC1CC1)N1CCN(c2cc(C(=N)c3cc(OC4(C)CC4)ccc3N)ncn2)C[C@H]1C. The first-order valence-corrected chi connectivity index (χ1v) is 12.3. The van der Waals surface area contributed by atoms with E-state index in [-0.39, 0.29) is 5.60 Å². The number of piperazine rings is 1. The molecule has 1 aliphatic heterocycles. The summed E-state index contributed by atoms with van der Waals surface area (Å²) >= 11 is 0. The quantitative estimate of drug-likeness (QED) is 0.467. The van der Waals surface area contributed by atoms with Crippen LogP contribution in [0.15, 0.2) is 30.6 Å². The molecular weight excluding hydrogens is 412 g/mol. The van der Waals surface area contributed by atoms with Gasteiger partial charge in [0.25, 0.3) is 0 Å². The first-order chi connectivity index (χ1) is 15.8. The Morgan fingerprint density at radius 2 is 2.03 bits per heavy atom. The molecule has 33 heavy (non-hydrogen) atoms. The number of nitrogen functional groups attached to an aromatic ring is 1. The van der Waals surface area contributed by atoms with Crippen LogP contribution in [0.1, 0.15) is 64.1 Å². The molecule has 3 aliphatic rings. The van der Waals surface area contributed by atoms with Crippen molar-refractivity contribution in [3.8, 4) is 5.75 Å². The molecule has 0 amide bonds. The van der Waals surface area contributed by atoms with E-state index in [4.69, 9.17) is 15.9 Å². The van der Waals surface area contributed by atoms with Crippen molar-refractivity contribution < 1.29 is 4.74 Å². The lowest BCUT2D eigenvalue weighted by molar-refractivity contribution is 0.128. The van der Waals surface area contributed by atoms with Gasteiger partial charge >= 0.3 is 0 Å². The molecule has 5 rings (SSSR count). The van der Waals surface area contributed by atoms with Crippen molar-refractivity contribution in [1.82, 2.24) is 14.9 Å². The molecule has 0 radical (unpaired) electrons. The number of nitrogens with one attached hydrogen (secondary N) is 1. The molecule has 7 heteroatoms. The van der Waals surface area contributed by atoms with Crippen molar-refractivity contribution in [2.75, 3.05) is 30.3 Å². The number of nitrogens with two attached hydrogens (primary N) is 1. The van der Waals surface area contributed by atoms with Crippen molar-refractivity contribution in [1.29, 1.82) is 5.41 Å². The highest BCUT2D eigenvalue weighted by Gasteiger charge is 2.40. The van der Waals surface area contributed by atoms with Crippen LogP contribution in [0.3, 0.4) is 0 Å². The van der Waals surface area contributed by atoms with Crippen molar-refractivity contribution in [2.45, 2.75) is 70.6 Å². The fourth-order valence-electron chi connectivity index (χ4n) is 4.98. The van der Waals surface area contributed by atoms with Crippen molar-refractivity contribution in [3.05, 3.63) is 41.9 Å². The summed E-state index contributed by atoms with van der Waals surface area (Å²) in [6.07, 6.45) is 7.83. The van der Waals surface area contributed by atoms with Gasteiger partial charge in [0.1, 0.15) is 23.5 Å². The Kier molecular flexibility index (Phi) is 5.77. The van der Waals surface area contributed by atoms with Crippen LogP contribution in [-0.2, 0) is 0 Å². The second-order valence-electron chi connectivity index (χ2n) is 10.5. The molecule has 0 spiro atoms. The lowest BCUT2D eigenvalue weighted by Gasteiger charge is -2.43. The molecule has 7 nitrogen and oxygen atoms in total. The van der Waals surface area contributed by atoms with Crippen LogP contribution in [0.5, 0.6) is 5.75 Å². The topological polar surface area (TPSA) is 91.4 Å². The predicted octanol–water partition coefficient (Wildman–Crippen LogP) is 4.11. The molecule has 1 unspecified atom stereocenters. The molecule has 0 bridgehead atoms. The standard InChI is InChI=1S/C26H36N6O/c1-17(12-19-4-5-19)32-11-10-31(15-18(32)2)24-14-23(29-16-30-24)25(28)21-13-20(6-7-22(21)27)33-26(3)8-9-26/h6-7,13-14,16-19,28H,4-5,8-12,15,27H2,1-3H3/t17?,18-/m1/s1. The Balaban J connectivity index is 1.29. The number of anilines is 2. The second-order valence-corrected chi connectivity index (χ2v) is 10.5. The molecule has 1 saturated heterocycles. The zero-order valence-corrected chi connectivity index (χ0v) is 20.1. The minimum Gasteiger partial charge on any atom is -0.488 e. The van der Waals surface area contributed by atoms with Gasteiger partial charge in [0.05, 0.1) is 11.4 Å². The fraction of sp³-hybridized carbons (Fsp3) is 0.577. The van der Waals surface area contributed by atoms with E-state index in [1.807, 2.05) is 24.3 Å². The third-order valence-electron chi connectivity index (χ3n) is 7.46. The van der Waals surface area contributed by atoms with Crippen LogP contribution in [0.25, 0.3) is 0 Å². The maximum Gasteiger partial charge on any atom is 0.132 e. The first kappa shape index (κ1) is 22.1. The highest BCUT2D eigenvalue weighted by Crippen LogP contribution is 2.40. The first-order valence-electron chi connectivity index (χ1n) is 12.3. The lowest BCUT2D eigenvalue weighted by Crippen LogP contribution is -2.55. The van der Waals surface area contributed by atoms with Gasteiger partial charge in [-0.2, -0.15) is 0 Å². The highest BCUT2D eigenvalue weighted by atomic mass is 16.5. The smallest absolute Gasteiger partial charge is 0.132 e. The Hall–Kier alpha value is -2.67. The van der Waals surface area contributed by atoms with Crippen LogP contribution < -0.4 is 15.4 Å². The zero-order chi connectivity index (χ0) is 23.2. The van der Waals surface area contributed by atoms with Crippen LogP contribution in [-0.4, -0.2) is 57.9 Å². The van der Waals surface area contributed by atoms with Gasteiger partial charge in [0, 0.05) is 49.0 Å². The van der Waals surface area contributed by atoms with E-state index in [1.165, 1.54) is 19.3 Å². The number of ether oxygens (including phenoxy) is 1. The van der Waals surface area contributed by atoms with E-state index in [2.05, 4.69) is 40.5 Å². The van der Waals surface area contributed by atoms with Gasteiger partial charge in [-0.05, 0) is 64.2 Å². The average Bonchev–Trinajstić information content (AvgIpc) is 3.74. The maximum absolute atomic E-state index is 8.81. The van der Waals surface area contributed by atoms with Crippen LogP contribution in [0, 0.1) is 11.3 Å². The third-order valence-corrected chi connectivity index (χ3v) is 7.46. The summed E-state index contributed by atoms with van der Waals surface area (Å²) in [5.41, 5.74) is 8.24. The Morgan fingerprint density at radius 1 is 1.24 bits per heavy atom. The Morgan fingerprint density at radius 3 is 2.73 bits per heavy atom. The van der Waals surface area contributed by atoms with Gasteiger partial charge in [-0.3, -0.25) is 10.3 Å². The normalized spacial score (nSPS) is 23.2. The Labute approximate surface area is 196 Å². The lowest BCUT2D eigenvalue weighted by atomic mass is 10.0. The summed E-state index contributed by atoms with van der Waals surface area (Å²) in [6, 6.07) is 8.60. The molecule has 176 valence electrons. The number of nitrogens with zero attached hydrogens (tertiary/aromatic N) is 4. The number of aromatic nitrogens is 2. The van der Waals surface area contributed by atoms with E-state index >= 15 is 0 Å². The minimum absolute atomic E-state index is 0.0767. The molecule has 3 fully saturated rings. The largest absolute Gasteiger partial charge is 0.488 e.